The Morgan fingerprint density at radius 2 is 1.55 bits per heavy atom. The smallest absolute Gasteiger partial charge is 0.270 e. The number of para-hydroxylation sites is 1. The molecule has 3 aromatic carbocycles. The van der Waals surface area contributed by atoms with Crippen molar-refractivity contribution in [3.63, 3.8) is 0 Å². The molecule has 3 aromatic rings. The number of hydrogen-bond donors (Lipinski definition) is 2. The summed E-state index contributed by atoms with van der Waals surface area (Å²) in [5.74, 6) is 1.30. The van der Waals surface area contributed by atoms with Crippen LogP contribution in [0.5, 0.6) is 11.5 Å². The van der Waals surface area contributed by atoms with E-state index >= 15 is 0 Å². The van der Waals surface area contributed by atoms with Gasteiger partial charge in [0.25, 0.3) is 5.91 Å². The van der Waals surface area contributed by atoms with E-state index < -0.39 is 6.04 Å². The molecule has 0 saturated heterocycles. The fraction of sp³-hybridized carbons (Fsp3) is 0.303. The van der Waals surface area contributed by atoms with Crippen molar-refractivity contribution in [1.29, 1.82) is 0 Å². The lowest BCUT2D eigenvalue weighted by atomic mass is 10.1. The van der Waals surface area contributed by atoms with Gasteiger partial charge in [0.15, 0.2) is 16.7 Å². The number of carbonyl (C=O) groups is 3. The number of ether oxygens (including phenoxy) is 2. The van der Waals surface area contributed by atoms with Crippen LogP contribution in [-0.4, -0.2) is 72.7 Å². The van der Waals surface area contributed by atoms with Crippen LogP contribution in [0.15, 0.2) is 82.8 Å². The van der Waals surface area contributed by atoms with Gasteiger partial charge in [-0.05, 0) is 54.7 Å². The molecular formula is C33H35N5O5S. The molecule has 228 valence electrons. The van der Waals surface area contributed by atoms with Crippen LogP contribution in [0.4, 0.5) is 5.69 Å². The van der Waals surface area contributed by atoms with Crippen LogP contribution in [0, 0.1) is 0 Å². The lowest BCUT2D eigenvalue weighted by Gasteiger charge is -2.31. The molecule has 1 atom stereocenters. The van der Waals surface area contributed by atoms with Crippen molar-refractivity contribution in [3.05, 3.63) is 89.5 Å². The van der Waals surface area contributed by atoms with Crippen LogP contribution in [0.3, 0.4) is 0 Å². The van der Waals surface area contributed by atoms with Gasteiger partial charge in [0.1, 0.15) is 11.9 Å². The van der Waals surface area contributed by atoms with Gasteiger partial charge < -0.3 is 20.1 Å². The number of nitrogens with one attached hydrogen (secondary N) is 2. The first-order chi connectivity index (χ1) is 21.5. The Labute approximate surface area is 260 Å². The first kappa shape index (κ1) is 30.8. The lowest BCUT2D eigenvalue weighted by Crippen LogP contribution is -2.44. The summed E-state index contributed by atoms with van der Waals surface area (Å²) >= 11 is 1.25. The maximum absolute atomic E-state index is 13.1. The highest BCUT2D eigenvalue weighted by atomic mass is 32.2. The fourth-order valence-corrected chi connectivity index (χ4v) is 5.96. The Morgan fingerprint density at radius 3 is 2.32 bits per heavy atom. The number of aliphatic imine (C=N–C) groups is 2. The molecule has 0 aromatic heterocycles. The summed E-state index contributed by atoms with van der Waals surface area (Å²) < 4.78 is 10.6. The zero-order valence-electron chi connectivity index (χ0n) is 24.7. The van der Waals surface area contributed by atoms with E-state index in [1.165, 1.54) is 11.8 Å². The second kappa shape index (κ2) is 14.7. The third kappa shape index (κ3) is 7.46. The van der Waals surface area contributed by atoms with E-state index in [0.717, 1.165) is 23.1 Å². The van der Waals surface area contributed by atoms with E-state index in [1.807, 2.05) is 72.8 Å². The number of nitrogens with zero attached hydrogens (tertiary/aromatic N) is 3. The van der Waals surface area contributed by atoms with Gasteiger partial charge in [-0.15, -0.1) is 0 Å². The summed E-state index contributed by atoms with van der Waals surface area (Å²) in [5.41, 5.74) is 3.59. The van der Waals surface area contributed by atoms with E-state index in [1.54, 1.807) is 19.1 Å². The summed E-state index contributed by atoms with van der Waals surface area (Å²) in [6.45, 7) is 0.963. The quantitative estimate of drug-likeness (QED) is 0.300. The molecule has 0 saturated carbocycles. The molecule has 2 heterocycles. The predicted octanol–water partition coefficient (Wildman–Crippen LogP) is 3.89. The molecule has 0 spiro atoms. The first-order valence-corrected chi connectivity index (χ1v) is 15.5. The molecule has 2 N–H and O–H groups in total. The number of carbonyl (C=O) groups excluding carboxylic acids is 3. The highest BCUT2D eigenvalue weighted by Gasteiger charge is 2.41. The third-order valence-electron chi connectivity index (χ3n) is 7.35. The highest BCUT2D eigenvalue weighted by Crippen LogP contribution is 2.35. The van der Waals surface area contributed by atoms with Gasteiger partial charge in [0.05, 0.1) is 25.7 Å². The minimum Gasteiger partial charge on any atom is -0.493 e. The Balaban J connectivity index is 1.17. The predicted molar refractivity (Wildman–Crippen MR) is 172 cm³/mol. The van der Waals surface area contributed by atoms with Crippen LogP contribution < -0.4 is 20.1 Å². The Morgan fingerprint density at radius 1 is 0.841 bits per heavy atom. The maximum atomic E-state index is 13.1. The van der Waals surface area contributed by atoms with Gasteiger partial charge in [0, 0.05) is 25.1 Å². The van der Waals surface area contributed by atoms with Gasteiger partial charge >= 0.3 is 0 Å². The first-order valence-electron chi connectivity index (χ1n) is 14.5. The van der Waals surface area contributed by atoms with E-state index in [2.05, 4.69) is 15.6 Å². The van der Waals surface area contributed by atoms with Crippen molar-refractivity contribution in [2.24, 2.45) is 9.98 Å². The second-order valence-corrected chi connectivity index (χ2v) is 11.2. The zero-order chi connectivity index (χ0) is 30.9. The summed E-state index contributed by atoms with van der Waals surface area (Å²) in [4.78, 5) is 49.5. The second-order valence-electron chi connectivity index (χ2n) is 10.3. The molecular weight excluding hydrogens is 578 g/mol. The Hall–Kier alpha value is -4.64. The SMILES string of the molecule is COc1ccc(CCNC(=O)CSC2=Nc3ccccc3C3=NC(=O)C(CCC(=O)NCCc4ccccc4)N23)cc1OC. The lowest BCUT2D eigenvalue weighted by molar-refractivity contribution is -0.122. The van der Waals surface area contributed by atoms with Gasteiger partial charge in [-0.3, -0.25) is 19.3 Å². The van der Waals surface area contributed by atoms with Crippen LogP contribution in [-0.2, 0) is 27.2 Å². The molecule has 2 aliphatic heterocycles. The number of thioether (sulfide) groups is 1. The zero-order valence-corrected chi connectivity index (χ0v) is 25.6. The summed E-state index contributed by atoms with van der Waals surface area (Å²) in [5, 5.41) is 6.41. The Bertz CT molecular complexity index is 1580. The van der Waals surface area contributed by atoms with Crippen molar-refractivity contribution in [2.45, 2.75) is 31.7 Å². The molecule has 3 amide bonds. The summed E-state index contributed by atoms with van der Waals surface area (Å²) in [7, 11) is 3.17. The van der Waals surface area contributed by atoms with E-state index in [-0.39, 0.29) is 36.3 Å². The van der Waals surface area contributed by atoms with Crippen molar-refractivity contribution in [3.8, 4) is 11.5 Å². The van der Waals surface area contributed by atoms with Crippen molar-refractivity contribution in [1.82, 2.24) is 15.5 Å². The van der Waals surface area contributed by atoms with Crippen LogP contribution in [0.25, 0.3) is 0 Å². The molecule has 0 bridgehead atoms. The standard InChI is InChI=1S/C33H35N5O5S/c1-42-27-14-12-23(20-28(27)43-2)17-19-35-30(40)21-44-33-36-25-11-7-6-10-24(25)31-37-32(41)26(38(31)33)13-15-29(39)34-18-16-22-8-4-3-5-9-22/h3-12,14,20,26H,13,15-19,21H2,1-2H3,(H,34,39)(H,35,40). The van der Waals surface area contributed by atoms with Gasteiger partial charge in [-0.2, -0.15) is 4.99 Å². The molecule has 0 aliphatic carbocycles. The average Bonchev–Trinajstić information content (AvgIpc) is 3.39. The molecule has 11 heteroatoms. The molecule has 5 rings (SSSR count). The third-order valence-corrected chi connectivity index (χ3v) is 8.30. The molecule has 10 nitrogen and oxygen atoms in total. The molecule has 0 radical (unpaired) electrons. The van der Waals surface area contributed by atoms with E-state index in [9.17, 15) is 14.4 Å². The monoisotopic (exact) mass is 613 g/mol. The topological polar surface area (TPSA) is 122 Å². The van der Waals surface area contributed by atoms with Crippen molar-refractivity contribution in [2.75, 3.05) is 33.1 Å². The number of methoxy groups -OCH3 is 2. The number of fused-ring (bicyclic) bond motifs is 3. The average molecular weight is 614 g/mol. The van der Waals surface area contributed by atoms with Crippen molar-refractivity contribution >= 4 is 46.2 Å². The van der Waals surface area contributed by atoms with Gasteiger partial charge in [0.2, 0.25) is 11.8 Å². The summed E-state index contributed by atoms with van der Waals surface area (Å²) in [6, 6.07) is 22.4. The van der Waals surface area contributed by atoms with Gasteiger partial charge in [-0.25, -0.2) is 4.99 Å². The van der Waals surface area contributed by atoms with E-state index in [4.69, 9.17) is 14.5 Å². The van der Waals surface area contributed by atoms with Crippen LogP contribution >= 0.6 is 11.8 Å². The maximum Gasteiger partial charge on any atom is 0.270 e. The Kier molecular flexibility index (Phi) is 10.3. The fourth-order valence-electron chi connectivity index (χ4n) is 5.09. The molecule has 1 unspecified atom stereocenters. The molecule has 44 heavy (non-hydrogen) atoms. The number of amides is 3. The molecule has 0 fully saturated rings. The number of amidine groups is 2. The van der Waals surface area contributed by atoms with E-state index in [0.29, 0.717) is 47.7 Å². The van der Waals surface area contributed by atoms with Gasteiger partial charge in [-0.1, -0.05) is 60.3 Å². The number of hydrogen-bond acceptors (Lipinski definition) is 8. The summed E-state index contributed by atoms with van der Waals surface area (Å²) in [6.07, 6.45) is 1.80. The van der Waals surface area contributed by atoms with Crippen LogP contribution in [0.2, 0.25) is 0 Å². The minimum absolute atomic E-state index is 0.109. The number of benzene rings is 3. The highest BCUT2D eigenvalue weighted by molar-refractivity contribution is 8.14. The van der Waals surface area contributed by atoms with Crippen LogP contribution in [0.1, 0.15) is 29.5 Å². The number of rotatable bonds is 13. The molecule has 2 aliphatic rings. The normalized spacial score (nSPS) is 15.1. The largest absolute Gasteiger partial charge is 0.493 e. The van der Waals surface area contributed by atoms with Crippen molar-refractivity contribution < 1.29 is 23.9 Å². The minimum atomic E-state index is -0.669.